The molecule has 4 aromatic rings. The van der Waals surface area contributed by atoms with Crippen LogP contribution in [-0.2, 0) is 6.42 Å². The number of nitro benzene ring substituents is 1. The largest absolute Gasteiger partial charge is 0.353 e. The molecule has 1 saturated heterocycles. The maximum Gasteiger partial charge on any atom is 0.273 e. The monoisotopic (exact) mass is 521 g/mol. The van der Waals surface area contributed by atoms with E-state index in [4.69, 9.17) is 9.97 Å². The zero-order valence-corrected chi connectivity index (χ0v) is 22.4. The molecule has 39 heavy (non-hydrogen) atoms. The van der Waals surface area contributed by atoms with E-state index in [1.165, 1.54) is 17.2 Å². The molecule has 0 unspecified atom stereocenters. The van der Waals surface area contributed by atoms with Crippen LogP contribution < -0.4 is 4.90 Å². The number of amides is 1. The van der Waals surface area contributed by atoms with Crippen LogP contribution >= 0.6 is 0 Å². The summed E-state index contributed by atoms with van der Waals surface area (Å²) in [6.45, 7) is 7.99. The highest BCUT2D eigenvalue weighted by Gasteiger charge is 2.27. The van der Waals surface area contributed by atoms with Crippen LogP contribution in [0.3, 0.4) is 0 Å². The number of aromatic nitrogens is 2. The van der Waals surface area contributed by atoms with E-state index < -0.39 is 4.92 Å². The minimum absolute atomic E-state index is 0.0369. The molecule has 8 heteroatoms. The third kappa shape index (κ3) is 5.65. The van der Waals surface area contributed by atoms with Crippen molar-refractivity contribution in [2.24, 2.45) is 0 Å². The van der Waals surface area contributed by atoms with Gasteiger partial charge in [-0.1, -0.05) is 66.2 Å². The van der Waals surface area contributed by atoms with Gasteiger partial charge in [0.25, 0.3) is 11.6 Å². The van der Waals surface area contributed by atoms with E-state index in [0.717, 1.165) is 22.6 Å². The van der Waals surface area contributed by atoms with Crippen molar-refractivity contribution in [3.8, 4) is 11.4 Å². The third-order valence-electron chi connectivity index (χ3n) is 7.21. The first-order valence-electron chi connectivity index (χ1n) is 13.1. The second kappa shape index (κ2) is 11.0. The fourth-order valence-corrected chi connectivity index (χ4v) is 5.04. The molecule has 1 amide bonds. The zero-order chi connectivity index (χ0) is 27.5. The molecule has 1 aliphatic rings. The number of nitrogens with zero attached hydrogens (tertiary/aromatic N) is 5. The molecule has 8 nitrogen and oxygen atoms in total. The van der Waals surface area contributed by atoms with Gasteiger partial charge in [-0.05, 0) is 32.4 Å². The van der Waals surface area contributed by atoms with Gasteiger partial charge in [-0.15, -0.1) is 0 Å². The van der Waals surface area contributed by atoms with Crippen LogP contribution in [0.25, 0.3) is 11.4 Å². The van der Waals surface area contributed by atoms with Crippen LogP contribution in [0.1, 0.15) is 38.3 Å². The van der Waals surface area contributed by atoms with E-state index in [-0.39, 0.29) is 11.6 Å². The molecule has 0 spiro atoms. The summed E-state index contributed by atoms with van der Waals surface area (Å²) in [5.74, 6) is 1.38. The summed E-state index contributed by atoms with van der Waals surface area (Å²) in [6.07, 6.45) is 0.712. The summed E-state index contributed by atoms with van der Waals surface area (Å²) in [7, 11) is 0. The molecule has 0 aliphatic carbocycles. The lowest BCUT2D eigenvalue weighted by Gasteiger charge is -2.36. The van der Waals surface area contributed by atoms with E-state index in [1.54, 1.807) is 24.0 Å². The predicted molar refractivity (Wildman–Crippen MR) is 152 cm³/mol. The Morgan fingerprint density at radius 2 is 1.64 bits per heavy atom. The van der Waals surface area contributed by atoms with Gasteiger partial charge in [-0.3, -0.25) is 14.9 Å². The van der Waals surface area contributed by atoms with Crippen LogP contribution in [0.2, 0.25) is 0 Å². The Hall–Kier alpha value is -4.59. The van der Waals surface area contributed by atoms with Gasteiger partial charge < -0.3 is 9.80 Å². The van der Waals surface area contributed by atoms with Crippen molar-refractivity contribution >= 4 is 17.4 Å². The van der Waals surface area contributed by atoms with Crippen molar-refractivity contribution in [1.29, 1.82) is 0 Å². The Labute approximate surface area is 228 Å². The molecule has 1 fully saturated rings. The van der Waals surface area contributed by atoms with Gasteiger partial charge in [0, 0.05) is 66.6 Å². The summed E-state index contributed by atoms with van der Waals surface area (Å²) in [6, 6.07) is 23.1. The predicted octanol–water partition coefficient (Wildman–Crippen LogP) is 5.53. The van der Waals surface area contributed by atoms with Gasteiger partial charge in [-0.2, -0.15) is 0 Å². The van der Waals surface area contributed by atoms with Crippen LogP contribution in [0.5, 0.6) is 0 Å². The third-order valence-corrected chi connectivity index (χ3v) is 7.21. The SMILES string of the molecule is Cc1cccc(Cc2c(C)nc(-c3ccccc3)nc2N2CCN(C(=O)c3ccc(C)c([N+](=O)[O-])c3)CC2)c1. The van der Waals surface area contributed by atoms with Gasteiger partial charge >= 0.3 is 0 Å². The highest BCUT2D eigenvalue weighted by molar-refractivity contribution is 5.95. The van der Waals surface area contributed by atoms with E-state index >= 15 is 0 Å². The molecular formula is C31H31N5O3. The first kappa shape index (κ1) is 26.0. The number of benzene rings is 3. The van der Waals surface area contributed by atoms with E-state index in [0.29, 0.717) is 49.6 Å². The highest BCUT2D eigenvalue weighted by atomic mass is 16.6. The van der Waals surface area contributed by atoms with Gasteiger partial charge in [-0.25, -0.2) is 9.97 Å². The number of carbonyl (C=O) groups excluding carboxylic acids is 1. The van der Waals surface area contributed by atoms with Crippen molar-refractivity contribution in [1.82, 2.24) is 14.9 Å². The average molecular weight is 522 g/mol. The maximum atomic E-state index is 13.2. The number of rotatable bonds is 6. The van der Waals surface area contributed by atoms with Crippen molar-refractivity contribution in [3.05, 3.63) is 116 Å². The van der Waals surface area contributed by atoms with Gasteiger partial charge in [0.2, 0.25) is 0 Å². The van der Waals surface area contributed by atoms with Crippen LogP contribution in [0.4, 0.5) is 11.5 Å². The lowest BCUT2D eigenvalue weighted by Crippen LogP contribution is -2.49. The van der Waals surface area contributed by atoms with Crippen LogP contribution in [0, 0.1) is 30.9 Å². The molecule has 1 aromatic heterocycles. The molecule has 1 aliphatic heterocycles. The number of aryl methyl sites for hydroxylation is 3. The maximum absolute atomic E-state index is 13.2. The molecule has 0 atom stereocenters. The molecule has 0 radical (unpaired) electrons. The second-order valence-electron chi connectivity index (χ2n) is 10.0. The van der Waals surface area contributed by atoms with Gasteiger partial charge in [0.05, 0.1) is 4.92 Å². The number of hydrogen-bond donors (Lipinski definition) is 0. The van der Waals surface area contributed by atoms with E-state index in [9.17, 15) is 14.9 Å². The number of piperazine rings is 1. The Bertz CT molecular complexity index is 1530. The van der Waals surface area contributed by atoms with Gasteiger partial charge in [0.1, 0.15) is 5.82 Å². The number of hydrogen-bond acceptors (Lipinski definition) is 6. The Morgan fingerprint density at radius 3 is 2.33 bits per heavy atom. The van der Waals surface area contributed by atoms with Crippen molar-refractivity contribution in [2.75, 3.05) is 31.1 Å². The first-order valence-corrected chi connectivity index (χ1v) is 13.1. The molecule has 3 aromatic carbocycles. The Kier molecular flexibility index (Phi) is 7.36. The average Bonchev–Trinajstić information content (AvgIpc) is 2.94. The zero-order valence-electron chi connectivity index (χ0n) is 22.4. The lowest BCUT2D eigenvalue weighted by atomic mass is 10.0. The first-order chi connectivity index (χ1) is 18.8. The number of nitro groups is 1. The molecule has 5 rings (SSSR count). The van der Waals surface area contributed by atoms with Crippen molar-refractivity contribution in [3.63, 3.8) is 0 Å². The fraction of sp³-hybridized carbons (Fsp3) is 0.258. The standard InChI is InChI=1S/C31H31N5O3/c1-21-8-7-9-24(18-21)19-27-23(3)32-29(25-10-5-4-6-11-25)33-30(27)34-14-16-35(17-15-34)31(37)26-13-12-22(2)28(20-26)36(38)39/h4-13,18,20H,14-17,19H2,1-3H3. The summed E-state index contributed by atoms with van der Waals surface area (Å²) in [5, 5.41) is 11.4. The normalized spacial score (nSPS) is 13.4. The molecule has 0 saturated carbocycles. The van der Waals surface area contributed by atoms with Crippen molar-refractivity contribution in [2.45, 2.75) is 27.2 Å². The molecule has 2 heterocycles. The molecular weight excluding hydrogens is 490 g/mol. The molecule has 198 valence electrons. The van der Waals surface area contributed by atoms with Crippen LogP contribution in [0.15, 0.2) is 72.8 Å². The van der Waals surface area contributed by atoms with Gasteiger partial charge in [0.15, 0.2) is 5.82 Å². The summed E-state index contributed by atoms with van der Waals surface area (Å²) < 4.78 is 0. The minimum Gasteiger partial charge on any atom is -0.353 e. The van der Waals surface area contributed by atoms with E-state index in [1.807, 2.05) is 37.3 Å². The molecule has 0 N–H and O–H groups in total. The van der Waals surface area contributed by atoms with Crippen LogP contribution in [-0.4, -0.2) is 51.9 Å². The Balaban J connectivity index is 1.42. The summed E-state index contributed by atoms with van der Waals surface area (Å²) >= 11 is 0. The second-order valence-corrected chi connectivity index (χ2v) is 10.0. The lowest BCUT2D eigenvalue weighted by molar-refractivity contribution is -0.385. The fourth-order valence-electron chi connectivity index (χ4n) is 5.04. The quantitative estimate of drug-likeness (QED) is 0.245. The summed E-state index contributed by atoms with van der Waals surface area (Å²) in [5.41, 5.74) is 6.21. The van der Waals surface area contributed by atoms with E-state index in [2.05, 4.69) is 36.1 Å². The number of carbonyl (C=O) groups is 1. The summed E-state index contributed by atoms with van der Waals surface area (Å²) in [4.78, 5) is 38.1. The molecule has 0 bridgehead atoms. The minimum atomic E-state index is -0.443. The topological polar surface area (TPSA) is 92.5 Å². The Morgan fingerprint density at radius 1 is 0.897 bits per heavy atom. The van der Waals surface area contributed by atoms with Crippen molar-refractivity contribution < 1.29 is 9.72 Å². The number of anilines is 1. The smallest absolute Gasteiger partial charge is 0.273 e. The highest BCUT2D eigenvalue weighted by Crippen LogP contribution is 2.29.